The maximum atomic E-state index is 13.6. The fraction of sp³-hybridized carbons (Fsp3) is 0.190. The number of hydrogen-bond donors (Lipinski definition) is 1. The lowest BCUT2D eigenvalue weighted by Gasteiger charge is -2.35. The summed E-state index contributed by atoms with van der Waals surface area (Å²) in [6.45, 7) is 2.42. The average Bonchev–Trinajstić information content (AvgIpc) is 3.25. The molecule has 0 radical (unpaired) electrons. The fourth-order valence-electron chi connectivity index (χ4n) is 3.41. The number of aliphatic hydroxyl groups is 1. The summed E-state index contributed by atoms with van der Waals surface area (Å²) in [4.78, 5) is 9.80. The number of aromatic nitrogens is 6. The monoisotopic (exact) mass is 390 g/mol. The van der Waals surface area contributed by atoms with Gasteiger partial charge in [0.25, 0.3) is 0 Å². The minimum Gasteiger partial charge on any atom is -0.379 e. The van der Waals surface area contributed by atoms with Crippen LogP contribution in [-0.4, -0.2) is 35.3 Å². The Morgan fingerprint density at radius 1 is 1.00 bits per heavy atom. The third-order valence-corrected chi connectivity index (χ3v) is 4.83. The van der Waals surface area contributed by atoms with Gasteiger partial charge in [-0.15, -0.1) is 10.2 Å². The van der Waals surface area contributed by atoms with Crippen LogP contribution in [0, 0.1) is 5.82 Å². The number of rotatable bonds is 6. The Balaban J connectivity index is 1.99. The number of benzene rings is 1. The van der Waals surface area contributed by atoms with E-state index in [0.29, 0.717) is 29.1 Å². The molecule has 4 aromatic rings. The van der Waals surface area contributed by atoms with Crippen molar-refractivity contribution in [2.24, 2.45) is 0 Å². The smallest absolute Gasteiger partial charge is 0.185 e. The minimum atomic E-state index is -1.61. The van der Waals surface area contributed by atoms with Crippen LogP contribution in [0.1, 0.15) is 35.4 Å². The summed E-state index contributed by atoms with van der Waals surface area (Å²) in [6.07, 6.45) is 6.44. The summed E-state index contributed by atoms with van der Waals surface area (Å²) in [5, 5.41) is 24.9. The van der Waals surface area contributed by atoms with E-state index in [-0.39, 0.29) is 5.82 Å². The van der Waals surface area contributed by atoms with Crippen LogP contribution in [0.3, 0.4) is 0 Å². The number of hydrogen-bond acceptors (Lipinski definition) is 6. The maximum Gasteiger partial charge on any atom is 0.185 e. The number of tetrazole rings is 1. The van der Waals surface area contributed by atoms with Gasteiger partial charge >= 0.3 is 0 Å². The number of halogens is 1. The normalized spacial score (nSPS) is 12.7. The zero-order valence-electron chi connectivity index (χ0n) is 15.7. The van der Waals surface area contributed by atoms with E-state index in [0.717, 1.165) is 0 Å². The standard InChI is InChI=1S/C21H19FN6O/c1-2-28-26-20(25-27-28)19(15-7-9-18(22)10-8-15)21(29,16-5-3-11-23-13-16)17-6-4-12-24-14-17/h3-14,19,29H,2H2,1H3. The van der Waals surface area contributed by atoms with Crippen molar-refractivity contribution in [3.05, 3.63) is 102 Å². The van der Waals surface area contributed by atoms with Crippen LogP contribution in [-0.2, 0) is 12.1 Å². The van der Waals surface area contributed by atoms with Crippen LogP contribution in [0.15, 0.2) is 73.3 Å². The molecule has 0 aliphatic rings. The molecule has 0 saturated carbocycles. The molecular weight excluding hydrogens is 371 g/mol. The average molecular weight is 390 g/mol. The highest BCUT2D eigenvalue weighted by Crippen LogP contribution is 2.44. The predicted octanol–water partition coefficient (Wildman–Crippen LogP) is 2.69. The Morgan fingerprint density at radius 2 is 1.62 bits per heavy atom. The molecule has 3 aromatic heterocycles. The summed E-state index contributed by atoms with van der Waals surface area (Å²) >= 11 is 0. The third kappa shape index (κ3) is 3.50. The molecule has 3 heterocycles. The molecule has 0 fully saturated rings. The van der Waals surface area contributed by atoms with Crippen molar-refractivity contribution in [3.63, 3.8) is 0 Å². The molecule has 0 amide bonds. The molecule has 29 heavy (non-hydrogen) atoms. The van der Waals surface area contributed by atoms with Crippen LogP contribution in [0.25, 0.3) is 0 Å². The van der Waals surface area contributed by atoms with Crippen molar-refractivity contribution in [1.82, 2.24) is 30.2 Å². The first kappa shape index (κ1) is 18.8. The number of nitrogens with zero attached hydrogens (tertiary/aromatic N) is 6. The van der Waals surface area contributed by atoms with Crippen molar-refractivity contribution >= 4 is 0 Å². The summed E-state index contributed by atoms with van der Waals surface area (Å²) in [6, 6.07) is 13.0. The third-order valence-electron chi connectivity index (χ3n) is 4.83. The lowest BCUT2D eigenvalue weighted by molar-refractivity contribution is 0.0589. The molecular formula is C21H19FN6O. The van der Waals surface area contributed by atoms with Crippen LogP contribution >= 0.6 is 0 Å². The highest BCUT2D eigenvalue weighted by Gasteiger charge is 2.45. The highest BCUT2D eigenvalue weighted by molar-refractivity contribution is 5.43. The van der Waals surface area contributed by atoms with E-state index in [2.05, 4.69) is 25.4 Å². The molecule has 0 bridgehead atoms. The molecule has 1 unspecified atom stereocenters. The van der Waals surface area contributed by atoms with Crippen molar-refractivity contribution in [3.8, 4) is 0 Å². The molecule has 4 rings (SSSR count). The molecule has 1 N–H and O–H groups in total. The van der Waals surface area contributed by atoms with E-state index >= 15 is 0 Å². The Hall–Kier alpha value is -3.52. The van der Waals surface area contributed by atoms with Gasteiger partial charge in [0.1, 0.15) is 11.4 Å². The summed E-state index contributed by atoms with van der Waals surface area (Å²) < 4.78 is 13.6. The van der Waals surface area contributed by atoms with E-state index in [1.807, 2.05) is 6.92 Å². The summed E-state index contributed by atoms with van der Waals surface area (Å²) in [7, 11) is 0. The second-order valence-corrected chi connectivity index (χ2v) is 6.57. The van der Waals surface area contributed by atoms with E-state index in [9.17, 15) is 9.50 Å². The zero-order chi connectivity index (χ0) is 20.3. The van der Waals surface area contributed by atoms with Crippen molar-refractivity contribution < 1.29 is 9.50 Å². The summed E-state index contributed by atoms with van der Waals surface area (Å²) in [5.74, 6) is -0.825. The molecule has 0 saturated heterocycles. The summed E-state index contributed by atoms with van der Waals surface area (Å²) in [5.41, 5.74) is 0.102. The quantitative estimate of drug-likeness (QED) is 0.544. The van der Waals surface area contributed by atoms with Crippen LogP contribution in [0.4, 0.5) is 4.39 Å². The molecule has 1 aromatic carbocycles. The van der Waals surface area contributed by atoms with Gasteiger partial charge in [-0.1, -0.05) is 24.3 Å². The van der Waals surface area contributed by atoms with E-state index in [1.165, 1.54) is 16.9 Å². The number of aryl methyl sites for hydroxylation is 1. The van der Waals surface area contributed by atoms with Crippen LogP contribution in [0.2, 0.25) is 0 Å². The van der Waals surface area contributed by atoms with Gasteiger partial charge in [-0.2, -0.15) is 4.80 Å². The number of pyridine rings is 2. The first-order valence-corrected chi connectivity index (χ1v) is 9.19. The van der Waals surface area contributed by atoms with Gasteiger partial charge < -0.3 is 5.11 Å². The van der Waals surface area contributed by atoms with E-state index in [1.54, 1.807) is 61.2 Å². The van der Waals surface area contributed by atoms with Gasteiger partial charge in [0.05, 0.1) is 12.5 Å². The SMILES string of the molecule is CCn1nnc(C(c2ccc(F)cc2)C(O)(c2cccnc2)c2cccnc2)n1. The molecule has 7 nitrogen and oxygen atoms in total. The topological polar surface area (TPSA) is 89.6 Å². The Bertz CT molecular complexity index is 1030. The Labute approximate surface area is 166 Å². The van der Waals surface area contributed by atoms with Gasteiger partial charge in [-0.25, -0.2) is 4.39 Å². The first-order valence-electron chi connectivity index (χ1n) is 9.19. The molecule has 0 spiro atoms. The second-order valence-electron chi connectivity index (χ2n) is 6.57. The fourth-order valence-corrected chi connectivity index (χ4v) is 3.41. The lowest BCUT2D eigenvalue weighted by atomic mass is 9.73. The highest BCUT2D eigenvalue weighted by atomic mass is 19.1. The molecule has 8 heteroatoms. The molecule has 1 atom stereocenters. The van der Waals surface area contributed by atoms with Gasteiger partial charge in [-0.05, 0) is 42.0 Å². The Morgan fingerprint density at radius 3 is 2.10 bits per heavy atom. The first-order chi connectivity index (χ1) is 14.1. The van der Waals surface area contributed by atoms with Crippen molar-refractivity contribution in [2.45, 2.75) is 25.0 Å². The lowest BCUT2D eigenvalue weighted by Crippen LogP contribution is -2.36. The zero-order valence-corrected chi connectivity index (χ0v) is 15.7. The van der Waals surface area contributed by atoms with E-state index in [4.69, 9.17) is 0 Å². The largest absolute Gasteiger partial charge is 0.379 e. The van der Waals surface area contributed by atoms with E-state index < -0.39 is 11.5 Å². The van der Waals surface area contributed by atoms with Gasteiger partial charge in [0.15, 0.2) is 5.82 Å². The van der Waals surface area contributed by atoms with Crippen molar-refractivity contribution in [2.75, 3.05) is 0 Å². The van der Waals surface area contributed by atoms with Gasteiger partial charge in [0.2, 0.25) is 0 Å². The Kier molecular flexibility index (Phi) is 5.09. The van der Waals surface area contributed by atoms with Crippen LogP contribution in [0.5, 0.6) is 0 Å². The molecule has 146 valence electrons. The van der Waals surface area contributed by atoms with Gasteiger partial charge in [-0.3, -0.25) is 9.97 Å². The van der Waals surface area contributed by atoms with Crippen LogP contribution < -0.4 is 0 Å². The van der Waals surface area contributed by atoms with Gasteiger partial charge in [0, 0.05) is 35.9 Å². The van der Waals surface area contributed by atoms with Crippen molar-refractivity contribution in [1.29, 1.82) is 0 Å². The molecule has 0 aliphatic heterocycles. The maximum absolute atomic E-state index is 13.6. The molecule has 0 aliphatic carbocycles. The second kappa shape index (κ2) is 7.84. The minimum absolute atomic E-state index is 0.314. The predicted molar refractivity (Wildman–Crippen MR) is 103 cm³/mol.